The summed E-state index contributed by atoms with van der Waals surface area (Å²) in [5, 5.41) is 7.15. The summed E-state index contributed by atoms with van der Waals surface area (Å²) in [7, 11) is 0. The van der Waals surface area contributed by atoms with Crippen LogP contribution < -0.4 is 4.90 Å². The third-order valence-corrected chi connectivity index (χ3v) is 10.9. The van der Waals surface area contributed by atoms with Crippen LogP contribution in [0.2, 0.25) is 0 Å². The Morgan fingerprint density at radius 1 is 0.364 bits per heavy atom. The average Bonchev–Trinajstić information content (AvgIpc) is 3.79. The molecule has 0 saturated heterocycles. The molecule has 0 N–H and O–H groups in total. The van der Waals surface area contributed by atoms with E-state index in [1.165, 1.54) is 49.3 Å². The number of para-hydroxylation sites is 2. The molecule has 0 spiro atoms. The highest BCUT2D eigenvalue weighted by molar-refractivity contribution is 6.19. The van der Waals surface area contributed by atoms with Crippen LogP contribution in [0.1, 0.15) is 0 Å². The minimum absolute atomic E-state index is 0.880. The molecular weight excluding hydrogens is 669 g/mol. The maximum atomic E-state index is 6.27. The van der Waals surface area contributed by atoms with Crippen LogP contribution in [0.3, 0.4) is 0 Å². The molecule has 11 rings (SSSR count). The molecule has 0 aliphatic rings. The Labute approximate surface area is 318 Å². The molecule has 0 unspecified atom stereocenters. The lowest BCUT2D eigenvalue weighted by Crippen LogP contribution is -2.10. The van der Waals surface area contributed by atoms with Crippen molar-refractivity contribution in [3.63, 3.8) is 0 Å². The highest BCUT2D eigenvalue weighted by Crippen LogP contribution is 2.44. The number of furan rings is 1. The first kappa shape index (κ1) is 31.2. The molecule has 0 aliphatic heterocycles. The summed E-state index contributed by atoms with van der Waals surface area (Å²) in [6.07, 6.45) is 0. The third kappa shape index (κ3) is 5.20. The van der Waals surface area contributed by atoms with Crippen LogP contribution in [0.15, 0.2) is 211 Å². The highest BCUT2D eigenvalue weighted by atomic mass is 16.3. The number of aromatic nitrogens is 1. The van der Waals surface area contributed by atoms with Gasteiger partial charge in [-0.05, 0) is 112 Å². The summed E-state index contributed by atoms with van der Waals surface area (Å²) < 4.78 is 8.68. The van der Waals surface area contributed by atoms with E-state index in [1.54, 1.807) is 0 Å². The van der Waals surface area contributed by atoms with Gasteiger partial charge in [0.15, 0.2) is 0 Å². The van der Waals surface area contributed by atoms with Gasteiger partial charge >= 0.3 is 0 Å². The second kappa shape index (κ2) is 12.6. The van der Waals surface area contributed by atoms with Gasteiger partial charge < -0.3 is 13.9 Å². The molecule has 3 heteroatoms. The Balaban J connectivity index is 1.14. The highest BCUT2D eigenvalue weighted by Gasteiger charge is 2.20. The number of nitrogens with zero attached hydrogens (tertiary/aromatic N) is 2. The third-order valence-electron chi connectivity index (χ3n) is 10.9. The van der Waals surface area contributed by atoms with Crippen LogP contribution in [0.5, 0.6) is 0 Å². The fourth-order valence-corrected chi connectivity index (χ4v) is 8.42. The molecule has 0 amide bonds. The van der Waals surface area contributed by atoms with Crippen LogP contribution in [0.4, 0.5) is 17.1 Å². The topological polar surface area (TPSA) is 21.3 Å². The van der Waals surface area contributed by atoms with E-state index in [0.717, 1.165) is 50.3 Å². The van der Waals surface area contributed by atoms with E-state index in [0.29, 0.717) is 0 Å². The standard InChI is InChI=1S/C52H34N2O/c1-3-14-35(15-4-1)36-18-11-22-41(30-36)53(43-28-29-51-46(34-43)45-24-9-10-27-50(45)55-51)42-23-12-19-39(31-42)44-25-13-26-48-52(44)47-32-37-16-7-8-17-38(37)33-49(47)54(48)40-20-5-2-6-21-40/h1-34H. The Kier molecular flexibility index (Phi) is 7.17. The smallest absolute Gasteiger partial charge is 0.135 e. The normalized spacial score (nSPS) is 11.6. The van der Waals surface area contributed by atoms with Crippen molar-refractivity contribution < 1.29 is 4.42 Å². The first-order chi connectivity index (χ1) is 27.3. The molecule has 0 saturated carbocycles. The summed E-state index contributed by atoms with van der Waals surface area (Å²) in [6.45, 7) is 0. The molecular formula is C52H34N2O. The first-order valence-electron chi connectivity index (χ1n) is 18.8. The van der Waals surface area contributed by atoms with Crippen molar-refractivity contribution in [3.05, 3.63) is 206 Å². The lowest BCUT2D eigenvalue weighted by Gasteiger charge is -2.26. The SMILES string of the molecule is c1ccc(-c2cccc(N(c3cccc(-c4cccc5c4c4cc6ccccc6cc4n5-c4ccccc4)c3)c3ccc4oc5ccccc5c4c3)c2)cc1. The first-order valence-corrected chi connectivity index (χ1v) is 18.8. The number of rotatable bonds is 6. The zero-order chi connectivity index (χ0) is 36.3. The van der Waals surface area contributed by atoms with Crippen molar-refractivity contribution in [3.8, 4) is 27.9 Å². The van der Waals surface area contributed by atoms with Crippen molar-refractivity contribution in [1.82, 2.24) is 4.57 Å². The molecule has 9 aromatic carbocycles. The van der Waals surface area contributed by atoms with Crippen molar-refractivity contribution in [1.29, 1.82) is 0 Å². The predicted molar refractivity (Wildman–Crippen MR) is 231 cm³/mol. The minimum atomic E-state index is 0.880. The van der Waals surface area contributed by atoms with Crippen molar-refractivity contribution >= 4 is 71.6 Å². The number of fused-ring (bicyclic) bond motifs is 7. The molecule has 2 heterocycles. The maximum Gasteiger partial charge on any atom is 0.135 e. The van der Waals surface area contributed by atoms with Crippen LogP contribution in [0, 0.1) is 0 Å². The Morgan fingerprint density at radius 3 is 1.80 bits per heavy atom. The van der Waals surface area contributed by atoms with Crippen molar-refractivity contribution in [2.75, 3.05) is 4.90 Å². The molecule has 55 heavy (non-hydrogen) atoms. The molecule has 3 nitrogen and oxygen atoms in total. The van der Waals surface area contributed by atoms with E-state index in [1.807, 2.05) is 12.1 Å². The van der Waals surface area contributed by atoms with Gasteiger partial charge in [0, 0.05) is 44.3 Å². The van der Waals surface area contributed by atoms with E-state index in [2.05, 4.69) is 204 Å². The molecule has 258 valence electrons. The van der Waals surface area contributed by atoms with E-state index in [4.69, 9.17) is 4.42 Å². The summed E-state index contributed by atoms with van der Waals surface area (Å²) >= 11 is 0. The fraction of sp³-hybridized carbons (Fsp3) is 0. The number of benzene rings is 9. The Hall–Kier alpha value is -7.36. The Bertz CT molecular complexity index is 3210. The maximum absolute atomic E-state index is 6.27. The molecule has 0 aliphatic carbocycles. The van der Waals surface area contributed by atoms with Crippen LogP contribution >= 0.6 is 0 Å². The largest absolute Gasteiger partial charge is 0.456 e. The van der Waals surface area contributed by atoms with E-state index >= 15 is 0 Å². The van der Waals surface area contributed by atoms with Gasteiger partial charge in [-0.2, -0.15) is 0 Å². The predicted octanol–water partition coefficient (Wildman–Crippen LogP) is 14.6. The summed E-state index contributed by atoms with van der Waals surface area (Å²) in [6, 6.07) is 74.1. The Morgan fingerprint density at radius 2 is 0.982 bits per heavy atom. The fourth-order valence-electron chi connectivity index (χ4n) is 8.42. The summed E-state index contributed by atoms with van der Waals surface area (Å²) in [5.41, 5.74) is 13.2. The number of hydrogen-bond donors (Lipinski definition) is 0. The summed E-state index contributed by atoms with van der Waals surface area (Å²) in [4.78, 5) is 2.37. The van der Waals surface area contributed by atoms with Gasteiger partial charge in [0.1, 0.15) is 11.2 Å². The second-order valence-corrected chi connectivity index (χ2v) is 14.2. The van der Waals surface area contributed by atoms with Crippen molar-refractivity contribution in [2.45, 2.75) is 0 Å². The lowest BCUT2D eigenvalue weighted by atomic mass is 9.97. The van der Waals surface area contributed by atoms with Gasteiger partial charge in [0.25, 0.3) is 0 Å². The molecule has 0 bridgehead atoms. The van der Waals surface area contributed by atoms with Crippen LogP contribution in [-0.4, -0.2) is 4.57 Å². The molecule has 0 atom stereocenters. The zero-order valence-electron chi connectivity index (χ0n) is 29.9. The quantitative estimate of drug-likeness (QED) is 0.172. The molecule has 2 aromatic heterocycles. The van der Waals surface area contributed by atoms with E-state index in [-0.39, 0.29) is 0 Å². The number of hydrogen-bond acceptors (Lipinski definition) is 2. The van der Waals surface area contributed by atoms with Crippen LogP contribution in [0.25, 0.3) is 82.5 Å². The lowest BCUT2D eigenvalue weighted by molar-refractivity contribution is 0.669. The van der Waals surface area contributed by atoms with Crippen molar-refractivity contribution in [2.24, 2.45) is 0 Å². The summed E-state index contributed by atoms with van der Waals surface area (Å²) in [5.74, 6) is 0. The van der Waals surface area contributed by atoms with Gasteiger partial charge in [-0.15, -0.1) is 0 Å². The van der Waals surface area contributed by atoms with E-state index < -0.39 is 0 Å². The van der Waals surface area contributed by atoms with Gasteiger partial charge in [-0.25, -0.2) is 0 Å². The van der Waals surface area contributed by atoms with Gasteiger partial charge in [0.05, 0.1) is 11.0 Å². The molecule has 0 radical (unpaired) electrons. The number of anilines is 3. The van der Waals surface area contributed by atoms with Gasteiger partial charge in [0.2, 0.25) is 0 Å². The van der Waals surface area contributed by atoms with Crippen LogP contribution in [-0.2, 0) is 0 Å². The van der Waals surface area contributed by atoms with Gasteiger partial charge in [-0.1, -0.05) is 127 Å². The van der Waals surface area contributed by atoms with Gasteiger partial charge in [-0.3, -0.25) is 0 Å². The second-order valence-electron chi connectivity index (χ2n) is 14.2. The molecule has 11 aromatic rings. The average molecular weight is 703 g/mol. The monoisotopic (exact) mass is 702 g/mol. The molecule has 0 fully saturated rings. The minimum Gasteiger partial charge on any atom is -0.456 e. The van der Waals surface area contributed by atoms with E-state index in [9.17, 15) is 0 Å². The zero-order valence-corrected chi connectivity index (χ0v) is 29.9.